The third-order valence-corrected chi connectivity index (χ3v) is 21.4. The van der Waals surface area contributed by atoms with Gasteiger partial charge in [-0.1, -0.05) is 476 Å². The maximum absolute atomic E-state index is 13.0. The van der Waals surface area contributed by atoms with Gasteiger partial charge in [0.25, 0.3) is 0 Å². The van der Waals surface area contributed by atoms with Crippen LogP contribution in [0.2, 0.25) is 0 Å². The molecular formula is C90H177NO8. The molecule has 0 heterocycles. The zero-order valence-corrected chi connectivity index (χ0v) is 67.9. The van der Waals surface area contributed by atoms with Crippen molar-refractivity contribution in [2.75, 3.05) is 47.5 Å². The van der Waals surface area contributed by atoms with Crippen molar-refractivity contribution in [2.45, 2.75) is 514 Å². The van der Waals surface area contributed by atoms with Crippen molar-refractivity contribution in [3.8, 4) is 0 Å². The first kappa shape index (κ1) is 97.3. The van der Waals surface area contributed by atoms with Crippen LogP contribution in [0.15, 0.2) is 0 Å². The second kappa shape index (κ2) is 82.0. The van der Waals surface area contributed by atoms with Gasteiger partial charge in [-0.25, -0.2) is 0 Å². The fourth-order valence-corrected chi connectivity index (χ4v) is 14.5. The van der Waals surface area contributed by atoms with E-state index in [1.807, 2.05) is 21.1 Å². The van der Waals surface area contributed by atoms with Gasteiger partial charge in [-0.05, 0) is 12.8 Å². The summed E-state index contributed by atoms with van der Waals surface area (Å²) in [4.78, 5) is 37.7. The highest BCUT2D eigenvalue weighted by molar-refractivity contribution is 5.70. The van der Waals surface area contributed by atoms with Crippen LogP contribution in [0.1, 0.15) is 502 Å². The number of nitrogens with zero attached hydrogens (tertiary/aromatic N) is 1. The molecule has 9 heteroatoms. The van der Waals surface area contributed by atoms with E-state index < -0.39 is 24.3 Å². The van der Waals surface area contributed by atoms with Gasteiger partial charge in [-0.3, -0.25) is 9.59 Å². The first-order valence-electron chi connectivity index (χ1n) is 45.2. The van der Waals surface area contributed by atoms with E-state index in [0.29, 0.717) is 17.4 Å². The molecule has 0 saturated carbocycles. The van der Waals surface area contributed by atoms with Gasteiger partial charge in [0.15, 0.2) is 12.4 Å². The van der Waals surface area contributed by atoms with E-state index in [-0.39, 0.29) is 32.2 Å². The average molecular weight is 1400 g/mol. The Balaban J connectivity index is 3.87. The lowest BCUT2D eigenvalue weighted by Gasteiger charge is -2.26. The van der Waals surface area contributed by atoms with Crippen molar-refractivity contribution in [3.05, 3.63) is 0 Å². The normalized spacial score (nSPS) is 12.5. The summed E-state index contributed by atoms with van der Waals surface area (Å²) in [5.74, 6) is -2.24. The van der Waals surface area contributed by atoms with E-state index >= 15 is 0 Å². The third kappa shape index (κ3) is 83.4. The van der Waals surface area contributed by atoms with Crippen LogP contribution in [0.4, 0.5) is 0 Å². The molecule has 0 rings (SSSR count). The van der Waals surface area contributed by atoms with Crippen molar-refractivity contribution in [2.24, 2.45) is 0 Å². The van der Waals surface area contributed by atoms with Crippen LogP contribution < -0.4 is 5.11 Å². The highest BCUT2D eigenvalue weighted by Gasteiger charge is 2.22. The van der Waals surface area contributed by atoms with Crippen LogP contribution >= 0.6 is 0 Å². The van der Waals surface area contributed by atoms with Crippen molar-refractivity contribution in [1.29, 1.82) is 0 Å². The minimum atomic E-state index is -1.62. The number of quaternary nitrogens is 1. The molecule has 0 aromatic rings. The lowest BCUT2D eigenvalue weighted by atomic mass is 10.0. The molecule has 2 atom stereocenters. The Bertz CT molecular complexity index is 1580. The standard InChI is InChI=1S/C90H177NO8/c1-6-8-10-12-14-16-18-20-22-24-26-28-30-32-34-36-38-40-42-44-45-47-49-51-53-55-57-59-61-63-65-67-69-71-73-75-77-79-81-88(93)99-86(85-98-90(89(94)95)96-83-82-91(3,4)5)84-97-87(92)80-78-76-74-72-70-68-66-64-62-60-58-56-54-52-50-48-46-43-41-39-37-35-33-31-29-27-25-23-21-19-17-15-13-11-9-7-2/h86,90H,6-85H2,1-5H3. The van der Waals surface area contributed by atoms with Crippen molar-refractivity contribution >= 4 is 17.9 Å². The molecule has 0 amide bonds. The number of likely N-dealkylation sites (N-methyl/N-ethyl adjacent to an activating group) is 1. The number of esters is 2. The molecule has 0 spiro atoms. The van der Waals surface area contributed by atoms with Crippen molar-refractivity contribution in [3.63, 3.8) is 0 Å². The predicted molar refractivity (Wildman–Crippen MR) is 427 cm³/mol. The zero-order valence-electron chi connectivity index (χ0n) is 67.9. The summed E-state index contributed by atoms with van der Waals surface area (Å²) in [6.07, 6.45) is 100. The summed E-state index contributed by atoms with van der Waals surface area (Å²) in [5, 5.41) is 11.9. The molecule has 0 aliphatic heterocycles. The number of carboxylic acids is 1. The van der Waals surface area contributed by atoms with Crippen LogP contribution in [-0.4, -0.2) is 82.3 Å². The number of unbranched alkanes of at least 4 members (excludes halogenated alkanes) is 72. The Morgan fingerprint density at radius 3 is 0.646 bits per heavy atom. The van der Waals surface area contributed by atoms with E-state index in [2.05, 4.69) is 13.8 Å². The maximum atomic E-state index is 13.0. The summed E-state index contributed by atoms with van der Waals surface area (Å²) in [5.41, 5.74) is 0. The highest BCUT2D eigenvalue weighted by Crippen LogP contribution is 2.22. The van der Waals surface area contributed by atoms with Gasteiger partial charge < -0.3 is 33.3 Å². The van der Waals surface area contributed by atoms with Gasteiger partial charge in [0.1, 0.15) is 13.2 Å². The molecule has 0 aliphatic rings. The summed E-state index contributed by atoms with van der Waals surface area (Å²) < 4.78 is 22.9. The minimum Gasteiger partial charge on any atom is -0.545 e. The Morgan fingerprint density at radius 1 is 0.263 bits per heavy atom. The first-order valence-corrected chi connectivity index (χ1v) is 45.2. The molecule has 0 N–H and O–H groups in total. The topological polar surface area (TPSA) is 111 Å². The van der Waals surface area contributed by atoms with Crippen LogP contribution in [0, 0.1) is 0 Å². The second-order valence-corrected chi connectivity index (χ2v) is 32.6. The van der Waals surface area contributed by atoms with Crippen LogP contribution in [0.5, 0.6) is 0 Å². The summed E-state index contributed by atoms with van der Waals surface area (Å²) >= 11 is 0. The van der Waals surface area contributed by atoms with Gasteiger partial charge in [0, 0.05) is 12.8 Å². The first-order chi connectivity index (χ1) is 48.6. The molecule has 9 nitrogen and oxygen atoms in total. The highest BCUT2D eigenvalue weighted by atomic mass is 16.7. The van der Waals surface area contributed by atoms with Crippen LogP contribution in [0.25, 0.3) is 0 Å². The molecule has 0 aliphatic carbocycles. The van der Waals surface area contributed by atoms with Crippen LogP contribution in [-0.2, 0) is 33.3 Å². The lowest BCUT2D eigenvalue weighted by Crippen LogP contribution is -2.44. The number of carboxylic acid groups (broad SMARTS) is 1. The Morgan fingerprint density at radius 2 is 0.455 bits per heavy atom. The molecule has 99 heavy (non-hydrogen) atoms. The number of aliphatic carboxylic acids is 1. The fraction of sp³-hybridized carbons (Fsp3) is 0.967. The number of ether oxygens (including phenoxy) is 4. The molecule has 0 aromatic carbocycles. The summed E-state index contributed by atoms with van der Waals surface area (Å²) in [7, 11) is 5.96. The van der Waals surface area contributed by atoms with E-state index in [9.17, 15) is 19.5 Å². The number of carbonyl (C=O) groups is 3. The fourth-order valence-electron chi connectivity index (χ4n) is 14.5. The van der Waals surface area contributed by atoms with Crippen molar-refractivity contribution < 1.29 is 42.9 Å². The Kier molecular flexibility index (Phi) is 80.5. The van der Waals surface area contributed by atoms with Gasteiger partial charge in [-0.2, -0.15) is 0 Å². The molecule has 0 fully saturated rings. The second-order valence-electron chi connectivity index (χ2n) is 32.6. The molecular weight excluding hydrogens is 1220 g/mol. The third-order valence-electron chi connectivity index (χ3n) is 21.4. The zero-order chi connectivity index (χ0) is 71.8. The largest absolute Gasteiger partial charge is 0.545 e. The molecule has 0 saturated heterocycles. The van der Waals surface area contributed by atoms with Gasteiger partial charge >= 0.3 is 11.9 Å². The quantitative estimate of drug-likeness (QED) is 0.0256. The van der Waals surface area contributed by atoms with Gasteiger partial charge in [-0.15, -0.1) is 0 Å². The van der Waals surface area contributed by atoms with E-state index in [1.54, 1.807) is 0 Å². The SMILES string of the molecule is CCCCCCCCCCCCCCCCCCCCCCCCCCCCCCCCCCCCCCCCC(=O)OC(COC(=O)CCCCCCCCCCCCCCCCCCCCCCCCCCCCCCCCCCCCCC)COC(OCC[N+](C)(C)C)C(=O)[O-]. The summed E-state index contributed by atoms with van der Waals surface area (Å²) in [6, 6.07) is 0. The predicted octanol–water partition coefficient (Wildman–Crippen LogP) is 27.9. The summed E-state index contributed by atoms with van der Waals surface area (Å²) in [6.45, 7) is 4.87. The number of carbonyl (C=O) groups excluding carboxylic acids is 3. The number of hydrogen-bond donors (Lipinski definition) is 0. The Hall–Kier alpha value is -1.71. The molecule has 0 bridgehead atoms. The average Bonchev–Trinajstić information content (AvgIpc) is 1.61. The maximum Gasteiger partial charge on any atom is 0.306 e. The van der Waals surface area contributed by atoms with E-state index in [4.69, 9.17) is 18.9 Å². The van der Waals surface area contributed by atoms with E-state index in [0.717, 1.165) is 38.5 Å². The lowest BCUT2D eigenvalue weighted by molar-refractivity contribution is -0.870. The minimum absolute atomic E-state index is 0.154. The number of rotatable bonds is 87. The number of hydrogen-bond acceptors (Lipinski definition) is 8. The smallest absolute Gasteiger partial charge is 0.306 e. The molecule has 0 aromatic heterocycles. The molecule has 590 valence electrons. The Labute approximate surface area is 619 Å². The molecule has 0 radical (unpaired) electrons. The van der Waals surface area contributed by atoms with Gasteiger partial charge in [0.2, 0.25) is 0 Å². The van der Waals surface area contributed by atoms with Crippen LogP contribution in [0.3, 0.4) is 0 Å². The van der Waals surface area contributed by atoms with E-state index in [1.165, 1.54) is 437 Å². The monoisotopic (exact) mass is 1400 g/mol. The van der Waals surface area contributed by atoms with Crippen molar-refractivity contribution in [1.82, 2.24) is 0 Å². The van der Waals surface area contributed by atoms with Gasteiger partial charge in [0.05, 0.1) is 40.3 Å². The molecule has 2 unspecified atom stereocenters.